The maximum absolute atomic E-state index is 13.2. The van der Waals surface area contributed by atoms with Crippen LogP contribution in [0.5, 0.6) is 0 Å². The highest BCUT2D eigenvalue weighted by molar-refractivity contribution is 6.09. The molecule has 1 aliphatic rings. The summed E-state index contributed by atoms with van der Waals surface area (Å²) in [4.78, 5) is 27.6. The van der Waals surface area contributed by atoms with Gasteiger partial charge in [-0.2, -0.15) is 26.3 Å². The largest absolute Gasteiger partial charge is 0.416 e. The Kier molecular flexibility index (Phi) is 6.76. The van der Waals surface area contributed by atoms with Gasteiger partial charge in [-0.05, 0) is 63.4 Å². The minimum absolute atomic E-state index is 0.00319. The van der Waals surface area contributed by atoms with Crippen LogP contribution in [0.25, 0.3) is 0 Å². The summed E-state index contributed by atoms with van der Waals surface area (Å²) >= 11 is 0. The lowest BCUT2D eigenvalue weighted by molar-refractivity contribution is -0.143. The monoisotopic (exact) mass is 472 g/mol. The van der Waals surface area contributed by atoms with Crippen LogP contribution in [0.2, 0.25) is 0 Å². The average molecular weight is 472 g/mol. The summed E-state index contributed by atoms with van der Waals surface area (Å²) in [6.45, 7) is 3.80. The molecule has 1 aliphatic heterocycles. The predicted octanol–water partition coefficient (Wildman–Crippen LogP) is 6.38. The van der Waals surface area contributed by atoms with Gasteiger partial charge in [-0.15, -0.1) is 0 Å². The third kappa shape index (κ3) is 5.48. The maximum Gasteiger partial charge on any atom is 0.416 e. The summed E-state index contributed by atoms with van der Waals surface area (Å²) in [5.41, 5.74) is -3.90. The van der Waals surface area contributed by atoms with Gasteiger partial charge >= 0.3 is 12.4 Å². The van der Waals surface area contributed by atoms with E-state index in [-0.39, 0.29) is 35.3 Å². The number of nitrogens with one attached hydrogen (secondary N) is 1. The number of piperidine rings is 1. The van der Waals surface area contributed by atoms with Crippen LogP contribution in [0.15, 0.2) is 42.5 Å². The predicted molar refractivity (Wildman–Crippen MR) is 110 cm³/mol. The molecular formula is C23H22F6N2O2. The fraction of sp³-hybridized carbons (Fsp3) is 0.391. The number of alkyl halides is 6. The molecule has 178 valence electrons. The van der Waals surface area contributed by atoms with Crippen molar-refractivity contribution < 1.29 is 35.9 Å². The lowest BCUT2D eigenvalue weighted by atomic mass is 9.96. The van der Waals surface area contributed by atoms with Crippen LogP contribution in [-0.4, -0.2) is 28.8 Å². The van der Waals surface area contributed by atoms with E-state index in [0.29, 0.717) is 12.1 Å². The average Bonchev–Trinajstić information content (AvgIpc) is 2.72. The zero-order valence-electron chi connectivity index (χ0n) is 17.8. The van der Waals surface area contributed by atoms with E-state index in [0.717, 1.165) is 19.3 Å². The molecule has 0 aromatic heterocycles. The second-order valence-electron chi connectivity index (χ2n) is 8.14. The normalized spacial score (nSPS) is 19.3. The molecule has 0 spiro atoms. The number of anilines is 1. The molecule has 1 fully saturated rings. The van der Waals surface area contributed by atoms with Crippen molar-refractivity contribution in [2.24, 2.45) is 0 Å². The van der Waals surface area contributed by atoms with E-state index in [1.54, 1.807) is 11.0 Å². The number of hydrogen-bond donors (Lipinski definition) is 1. The summed E-state index contributed by atoms with van der Waals surface area (Å²) in [7, 11) is 0. The third-order valence-electron chi connectivity index (χ3n) is 5.68. The van der Waals surface area contributed by atoms with Crippen LogP contribution in [0.4, 0.5) is 32.0 Å². The smallest absolute Gasteiger partial charge is 0.333 e. The van der Waals surface area contributed by atoms with E-state index in [1.165, 1.54) is 18.2 Å². The van der Waals surface area contributed by atoms with Crippen molar-refractivity contribution in [3.63, 3.8) is 0 Å². The van der Waals surface area contributed by atoms with Gasteiger partial charge in [0.2, 0.25) is 0 Å². The van der Waals surface area contributed by atoms with Gasteiger partial charge in [0.15, 0.2) is 0 Å². The Morgan fingerprint density at radius 2 is 1.39 bits per heavy atom. The fourth-order valence-electron chi connectivity index (χ4n) is 4.02. The van der Waals surface area contributed by atoms with Gasteiger partial charge in [-0.25, -0.2) is 0 Å². The Morgan fingerprint density at radius 1 is 0.879 bits per heavy atom. The number of amides is 2. The van der Waals surface area contributed by atoms with Crippen LogP contribution in [0, 0.1) is 0 Å². The maximum atomic E-state index is 13.2. The van der Waals surface area contributed by atoms with Gasteiger partial charge in [0.25, 0.3) is 11.8 Å². The molecular weight excluding hydrogens is 450 g/mol. The first-order valence-corrected chi connectivity index (χ1v) is 10.3. The Morgan fingerprint density at radius 3 is 1.91 bits per heavy atom. The number of carbonyl (C=O) groups excluding carboxylic acids is 2. The summed E-state index contributed by atoms with van der Waals surface area (Å²) in [5, 5.41) is 2.31. The van der Waals surface area contributed by atoms with Crippen molar-refractivity contribution in [3.8, 4) is 0 Å². The van der Waals surface area contributed by atoms with Gasteiger partial charge in [0.1, 0.15) is 0 Å². The minimum atomic E-state index is -5.08. The molecule has 3 rings (SSSR count). The first kappa shape index (κ1) is 24.6. The summed E-state index contributed by atoms with van der Waals surface area (Å²) in [6, 6.07) is 6.45. The Balaban J connectivity index is 1.96. The van der Waals surface area contributed by atoms with E-state index in [9.17, 15) is 35.9 Å². The van der Waals surface area contributed by atoms with Crippen LogP contribution < -0.4 is 5.32 Å². The number of halogens is 6. The van der Waals surface area contributed by atoms with Gasteiger partial charge in [0.05, 0.1) is 22.4 Å². The van der Waals surface area contributed by atoms with E-state index < -0.39 is 35.0 Å². The summed E-state index contributed by atoms with van der Waals surface area (Å²) in [6.07, 6.45) is -7.60. The van der Waals surface area contributed by atoms with Gasteiger partial charge in [-0.3, -0.25) is 9.59 Å². The SMILES string of the molecule is CC1CCCC(C)N1C(=O)c1ccccc1NC(=O)c1cc(C(F)(F)F)cc(C(F)(F)F)c1. The highest BCUT2D eigenvalue weighted by atomic mass is 19.4. The Labute approximate surface area is 186 Å². The van der Waals surface area contributed by atoms with Gasteiger partial charge in [0, 0.05) is 17.6 Å². The van der Waals surface area contributed by atoms with Crippen molar-refractivity contribution in [2.45, 2.75) is 57.5 Å². The molecule has 2 amide bonds. The number of likely N-dealkylation sites (tertiary alicyclic amines) is 1. The van der Waals surface area contributed by atoms with Crippen molar-refractivity contribution in [1.29, 1.82) is 0 Å². The Bertz CT molecular complexity index is 1010. The first-order chi connectivity index (χ1) is 15.3. The number of rotatable bonds is 3. The number of nitrogens with zero attached hydrogens (tertiary/aromatic N) is 1. The van der Waals surface area contributed by atoms with Crippen molar-refractivity contribution in [2.75, 3.05) is 5.32 Å². The molecule has 33 heavy (non-hydrogen) atoms. The zero-order chi connectivity index (χ0) is 24.6. The summed E-state index contributed by atoms with van der Waals surface area (Å²) in [5.74, 6) is -1.56. The zero-order valence-corrected chi connectivity index (χ0v) is 17.8. The standard InChI is InChI=1S/C23H22F6N2O2/c1-13-6-5-7-14(2)31(13)21(33)18-8-3-4-9-19(18)30-20(32)15-10-16(22(24,25)26)12-17(11-15)23(27,28)29/h3-4,8-14H,5-7H2,1-2H3,(H,30,32). The second-order valence-corrected chi connectivity index (χ2v) is 8.14. The van der Waals surface area contributed by atoms with Gasteiger partial charge in [-0.1, -0.05) is 12.1 Å². The number of carbonyl (C=O) groups is 2. The molecule has 2 aromatic rings. The molecule has 4 nitrogen and oxygen atoms in total. The molecule has 2 aromatic carbocycles. The molecule has 0 bridgehead atoms. The molecule has 2 atom stereocenters. The van der Waals surface area contributed by atoms with E-state index >= 15 is 0 Å². The second kappa shape index (κ2) is 9.07. The van der Waals surface area contributed by atoms with Gasteiger partial charge < -0.3 is 10.2 Å². The molecule has 0 radical (unpaired) electrons. The molecule has 1 saturated heterocycles. The van der Waals surface area contributed by atoms with Crippen molar-refractivity contribution in [3.05, 3.63) is 64.7 Å². The Hall–Kier alpha value is -3.04. The van der Waals surface area contributed by atoms with E-state index in [1.807, 2.05) is 13.8 Å². The molecule has 0 aliphatic carbocycles. The minimum Gasteiger partial charge on any atom is -0.333 e. The first-order valence-electron chi connectivity index (χ1n) is 10.3. The number of hydrogen-bond acceptors (Lipinski definition) is 2. The van der Waals surface area contributed by atoms with Crippen molar-refractivity contribution in [1.82, 2.24) is 4.90 Å². The molecule has 1 heterocycles. The van der Waals surface area contributed by atoms with E-state index in [2.05, 4.69) is 5.32 Å². The highest BCUT2D eigenvalue weighted by Gasteiger charge is 2.38. The lowest BCUT2D eigenvalue weighted by Gasteiger charge is -2.39. The van der Waals surface area contributed by atoms with Crippen LogP contribution >= 0.6 is 0 Å². The van der Waals surface area contributed by atoms with E-state index in [4.69, 9.17) is 0 Å². The van der Waals surface area contributed by atoms with Crippen LogP contribution in [0.1, 0.15) is 65.0 Å². The fourth-order valence-corrected chi connectivity index (χ4v) is 4.02. The molecule has 1 N–H and O–H groups in total. The molecule has 10 heteroatoms. The molecule has 0 saturated carbocycles. The van der Waals surface area contributed by atoms with Crippen LogP contribution in [-0.2, 0) is 12.4 Å². The quantitative estimate of drug-likeness (QED) is 0.527. The topological polar surface area (TPSA) is 49.4 Å². The van der Waals surface area contributed by atoms with Crippen LogP contribution in [0.3, 0.4) is 0 Å². The lowest BCUT2D eigenvalue weighted by Crippen LogP contribution is -2.47. The number of benzene rings is 2. The highest BCUT2D eigenvalue weighted by Crippen LogP contribution is 2.36. The number of para-hydroxylation sites is 1. The third-order valence-corrected chi connectivity index (χ3v) is 5.68. The molecule has 2 unspecified atom stereocenters. The summed E-state index contributed by atoms with van der Waals surface area (Å²) < 4.78 is 78.8. The van der Waals surface area contributed by atoms with Crippen molar-refractivity contribution >= 4 is 17.5 Å².